The van der Waals surface area contributed by atoms with E-state index in [4.69, 9.17) is 29.5 Å². The average Bonchev–Trinajstić information content (AvgIpc) is 3.68. The smallest absolute Gasteiger partial charge is 0.487 e. The monoisotopic (exact) mass is 665 g/mol. The number of amides is 1. The second-order valence-electron chi connectivity index (χ2n) is 10.1. The summed E-state index contributed by atoms with van der Waals surface area (Å²) in [5.41, 5.74) is 6.20. The lowest BCUT2D eigenvalue weighted by atomic mass is 10.2. The Labute approximate surface area is 260 Å². The Morgan fingerprint density at radius 3 is 2.21 bits per heavy atom. The van der Waals surface area contributed by atoms with Crippen molar-refractivity contribution in [3.63, 3.8) is 0 Å². The van der Waals surface area contributed by atoms with E-state index in [-0.39, 0.29) is 5.91 Å². The van der Waals surface area contributed by atoms with Crippen molar-refractivity contribution in [3.8, 4) is 5.75 Å². The van der Waals surface area contributed by atoms with Crippen molar-refractivity contribution < 1.29 is 55.7 Å². The van der Waals surface area contributed by atoms with Gasteiger partial charge in [0, 0.05) is 34.9 Å². The molecule has 0 radical (unpaired) electrons. The highest BCUT2D eigenvalue weighted by molar-refractivity contribution is 6.06. The number of carboxylic acid groups (broad SMARTS) is 2. The molecule has 0 saturated heterocycles. The number of nitrogens with one attached hydrogen (secondary N) is 2. The molecule has 0 aliphatic heterocycles. The van der Waals surface area contributed by atoms with E-state index in [9.17, 15) is 31.1 Å². The van der Waals surface area contributed by atoms with Crippen molar-refractivity contribution in [1.82, 2.24) is 19.4 Å². The van der Waals surface area contributed by atoms with Gasteiger partial charge in [0.25, 0.3) is 5.91 Å². The quantitative estimate of drug-likeness (QED) is 0.150. The van der Waals surface area contributed by atoms with E-state index in [1.165, 1.54) is 18.5 Å². The zero-order valence-electron chi connectivity index (χ0n) is 24.2. The van der Waals surface area contributed by atoms with Crippen LogP contribution in [0.15, 0.2) is 67.0 Å². The third-order valence-corrected chi connectivity index (χ3v) is 6.55. The number of carbonyl (C=O) groups excluding carboxylic acids is 1. The molecule has 1 aromatic carbocycles. The summed E-state index contributed by atoms with van der Waals surface area (Å²) < 4.78 is 71.4. The number of aromatic nitrogens is 4. The Bertz CT molecular complexity index is 1870. The molecule has 1 saturated carbocycles. The molecule has 0 unspecified atom stereocenters. The molecule has 1 amide bonds. The van der Waals surface area contributed by atoms with E-state index >= 15 is 0 Å². The first-order valence-corrected chi connectivity index (χ1v) is 13.6. The Morgan fingerprint density at radius 1 is 0.979 bits per heavy atom. The molecule has 248 valence electrons. The van der Waals surface area contributed by atoms with Gasteiger partial charge < -0.3 is 29.7 Å². The number of alkyl halides is 6. The molecule has 11 nitrogen and oxygen atoms in total. The first-order valence-electron chi connectivity index (χ1n) is 13.6. The van der Waals surface area contributed by atoms with Gasteiger partial charge in [0.2, 0.25) is 0 Å². The van der Waals surface area contributed by atoms with Gasteiger partial charge >= 0.3 is 24.3 Å². The number of carbonyl (C=O) groups is 3. The third kappa shape index (κ3) is 9.21. The first kappa shape index (κ1) is 34.3. The largest absolute Gasteiger partial charge is 0.490 e. The molecule has 0 bridgehead atoms. The second-order valence-corrected chi connectivity index (χ2v) is 10.1. The van der Waals surface area contributed by atoms with Crippen molar-refractivity contribution >= 4 is 40.1 Å². The lowest BCUT2D eigenvalue weighted by Gasteiger charge is -2.05. The fraction of sp³-hybridized carbons (Fsp3) is 0.233. The maximum atomic E-state index is 12.9. The number of anilines is 1. The number of fused-ring (bicyclic) bond motifs is 2. The van der Waals surface area contributed by atoms with Crippen LogP contribution < -0.4 is 10.1 Å². The summed E-state index contributed by atoms with van der Waals surface area (Å²) in [6.45, 7) is 2.48. The highest BCUT2D eigenvalue weighted by Gasteiger charge is 2.39. The summed E-state index contributed by atoms with van der Waals surface area (Å²) in [5.74, 6) is -4.39. The molecule has 1 aliphatic rings. The summed E-state index contributed by atoms with van der Waals surface area (Å²) in [5, 5.41) is 18.2. The highest BCUT2D eigenvalue weighted by atomic mass is 19.4. The number of imidazole rings is 1. The predicted octanol–water partition coefficient (Wildman–Crippen LogP) is 6.49. The molecule has 1 aliphatic carbocycles. The zero-order chi connectivity index (χ0) is 34.5. The van der Waals surface area contributed by atoms with E-state index < -0.39 is 24.3 Å². The summed E-state index contributed by atoms with van der Waals surface area (Å²) in [4.78, 5) is 42.9. The van der Waals surface area contributed by atoms with Crippen molar-refractivity contribution in [2.75, 3.05) is 5.32 Å². The number of carboxylic acids is 2. The number of H-pyrrole nitrogens is 1. The van der Waals surface area contributed by atoms with Gasteiger partial charge in [-0.05, 0) is 68.3 Å². The van der Waals surface area contributed by atoms with Crippen LogP contribution in [-0.2, 0) is 16.2 Å². The minimum Gasteiger partial charge on any atom is -0.487 e. The van der Waals surface area contributed by atoms with Gasteiger partial charge in [0.15, 0.2) is 0 Å². The number of aromatic amines is 1. The molecule has 17 heteroatoms. The number of benzene rings is 1. The highest BCUT2D eigenvalue weighted by Crippen LogP contribution is 2.41. The summed E-state index contributed by atoms with van der Waals surface area (Å²) in [6, 6.07) is 17.1. The summed E-state index contributed by atoms with van der Waals surface area (Å²) in [6.07, 6.45) is -4.06. The Hall–Kier alpha value is -5.61. The van der Waals surface area contributed by atoms with Crippen LogP contribution in [0.25, 0.3) is 16.6 Å². The van der Waals surface area contributed by atoms with Crippen molar-refractivity contribution in [3.05, 3.63) is 89.8 Å². The first-order chi connectivity index (χ1) is 22.0. The van der Waals surface area contributed by atoms with Gasteiger partial charge in [-0.25, -0.2) is 14.6 Å². The number of pyridine rings is 2. The summed E-state index contributed by atoms with van der Waals surface area (Å²) >= 11 is 0. The van der Waals surface area contributed by atoms with Gasteiger partial charge in [-0.15, -0.1) is 0 Å². The van der Waals surface area contributed by atoms with Crippen molar-refractivity contribution in [1.29, 1.82) is 0 Å². The van der Waals surface area contributed by atoms with E-state index in [1.54, 1.807) is 6.20 Å². The molecular weight excluding hydrogens is 640 g/mol. The van der Waals surface area contributed by atoms with Crippen LogP contribution in [-0.4, -0.2) is 59.8 Å². The van der Waals surface area contributed by atoms with E-state index in [2.05, 4.69) is 26.6 Å². The van der Waals surface area contributed by atoms with Crippen LogP contribution in [0.1, 0.15) is 46.3 Å². The van der Waals surface area contributed by atoms with E-state index in [0.717, 1.165) is 39.4 Å². The molecule has 5 aromatic rings. The molecule has 6 rings (SSSR count). The maximum Gasteiger partial charge on any atom is 0.490 e. The number of hydrogen-bond acceptors (Lipinski definition) is 6. The molecule has 4 heterocycles. The molecule has 4 aromatic heterocycles. The lowest BCUT2D eigenvalue weighted by molar-refractivity contribution is -0.193. The predicted molar refractivity (Wildman–Crippen MR) is 154 cm³/mol. The number of halogens is 6. The maximum absolute atomic E-state index is 12.9. The Balaban J connectivity index is 0.000000301. The number of aryl methyl sites for hydroxylation is 1. The number of rotatable bonds is 6. The normalized spacial score (nSPS) is 12.8. The molecular formula is C30H25F6N5O6. The number of nitrogens with zero attached hydrogens (tertiary/aromatic N) is 3. The Kier molecular flexibility index (Phi) is 10.1. The fourth-order valence-corrected chi connectivity index (χ4v) is 4.16. The topological polar surface area (TPSA) is 159 Å². The molecule has 4 N–H and O–H groups in total. The van der Waals surface area contributed by atoms with Gasteiger partial charge in [0.1, 0.15) is 23.7 Å². The number of ether oxygens (including phenoxy) is 1. The molecule has 47 heavy (non-hydrogen) atoms. The van der Waals surface area contributed by atoms with Crippen molar-refractivity contribution in [2.45, 2.75) is 44.6 Å². The minimum absolute atomic E-state index is 0.193. The van der Waals surface area contributed by atoms with Crippen LogP contribution in [0, 0.1) is 6.92 Å². The average molecular weight is 666 g/mol. The standard InChI is InChI=1S/C26H23N5O2.2C2HF3O2/c1-16-25(17-5-6-17)30-24-10-7-19(14-31(16)24)28-26(32)23-13-18-12-21(8-9-22(18)29-23)33-15-20-4-2-3-11-27-20;2*3-2(4,5)1(6)7/h2-4,7-14,17,29H,5-6,15H2,1H3,(H,28,32);2*(H,6,7). The fourth-order valence-electron chi connectivity index (χ4n) is 4.16. The van der Waals surface area contributed by atoms with E-state index in [0.29, 0.717) is 18.2 Å². The van der Waals surface area contributed by atoms with Crippen LogP contribution in [0.4, 0.5) is 32.0 Å². The minimum atomic E-state index is -5.08. The van der Waals surface area contributed by atoms with Crippen LogP contribution in [0.5, 0.6) is 5.75 Å². The van der Waals surface area contributed by atoms with Gasteiger partial charge in [-0.2, -0.15) is 26.3 Å². The van der Waals surface area contributed by atoms with Crippen molar-refractivity contribution in [2.24, 2.45) is 0 Å². The lowest BCUT2D eigenvalue weighted by Crippen LogP contribution is -2.21. The van der Waals surface area contributed by atoms with Gasteiger partial charge in [-0.3, -0.25) is 9.78 Å². The number of hydrogen-bond donors (Lipinski definition) is 4. The second kappa shape index (κ2) is 13.8. The molecule has 0 atom stereocenters. The summed E-state index contributed by atoms with van der Waals surface area (Å²) in [7, 11) is 0. The van der Waals surface area contributed by atoms with Crippen LogP contribution in [0.3, 0.4) is 0 Å². The molecule has 1 fully saturated rings. The van der Waals surface area contributed by atoms with Crippen LogP contribution >= 0.6 is 0 Å². The Morgan fingerprint density at radius 2 is 1.64 bits per heavy atom. The van der Waals surface area contributed by atoms with Gasteiger partial charge in [-0.1, -0.05) is 6.07 Å². The zero-order valence-corrected chi connectivity index (χ0v) is 24.2. The van der Waals surface area contributed by atoms with Crippen LogP contribution in [0.2, 0.25) is 0 Å². The molecule has 0 spiro atoms. The number of aliphatic carboxylic acids is 2. The SMILES string of the molecule is Cc1c(C2CC2)nc2ccc(NC(=O)c3cc4cc(OCc5ccccn5)ccc4[nH]3)cn12.O=C(O)C(F)(F)F.O=C(O)C(F)(F)F. The van der Waals surface area contributed by atoms with Gasteiger partial charge in [0.05, 0.1) is 17.1 Å². The third-order valence-electron chi connectivity index (χ3n) is 6.55. The van der Waals surface area contributed by atoms with E-state index in [1.807, 2.05) is 60.8 Å².